The Morgan fingerprint density at radius 2 is 1.84 bits per heavy atom. The third-order valence-corrected chi connectivity index (χ3v) is 4.33. The Morgan fingerprint density at radius 3 is 2.52 bits per heavy atom. The van der Waals surface area contributed by atoms with Crippen LogP contribution in [0.25, 0.3) is 0 Å². The second kappa shape index (κ2) is 6.80. The Labute approximate surface area is 144 Å². The van der Waals surface area contributed by atoms with Gasteiger partial charge in [0, 0.05) is 30.8 Å². The topological polar surface area (TPSA) is 81.9 Å². The molecule has 0 aromatic heterocycles. The fraction of sp³-hybridized carbons (Fsp3) is 0.278. The molecule has 1 heterocycles. The van der Waals surface area contributed by atoms with Crippen LogP contribution in [0.15, 0.2) is 36.4 Å². The van der Waals surface area contributed by atoms with Crippen molar-refractivity contribution in [2.75, 3.05) is 20.8 Å². The standard InChI is InChI=1S/C18H18N2O5/c1-24-16-6-4-13(10-17(16)25-2)18(21)19-8-7-12-3-5-15(20(22)23)9-14(12)11-19/h3-6,9-10H,7-8,11H2,1-2H3. The number of carbonyl (C=O) groups excluding carboxylic acids is 1. The van der Waals surface area contributed by atoms with Gasteiger partial charge in [-0.2, -0.15) is 0 Å². The van der Waals surface area contributed by atoms with Crippen molar-refractivity contribution in [2.45, 2.75) is 13.0 Å². The molecule has 0 N–H and O–H groups in total. The smallest absolute Gasteiger partial charge is 0.269 e. The number of carbonyl (C=O) groups is 1. The molecule has 0 atom stereocenters. The molecule has 2 aromatic rings. The van der Waals surface area contributed by atoms with Crippen molar-refractivity contribution < 1.29 is 19.2 Å². The molecule has 0 unspecified atom stereocenters. The number of amides is 1. The molecule has 7 nitrogen and oxygen atoms in total. The molecule has 25 heavy (non-hydrogen) atoms. The Morgan fingerprint density at radius 1 is 1.08 bits per heavy atom. The number of fused-ring (bicyclic) bond motifs is 1. The first kappa shape index (κ1) is 16.8. The number of rotatable bonds is 4. The third-order valence-electron chi connectivity index (χ3n) is 4.33. The number of hydrogen-bond donors (Lipinski definition) is 0. The monoisotopic (exact) mass is 342 g/mol. The zero-order valence-corrected chi connectivity index (χ0v) is 14.0. The van der Waals surface area contributed by atoms with Crippen LogP contribution in [0.4, 0.5) is 5.69 Å². The molecule has 0 bridgehead atoms. The van der Waals surface area contributed by atoms with Crippen LogP contribution < -0.4 is 9.47 Å². The summed E-state index contributed by atoms with van der Waals surface area (Å²) in [6.07, 6.45) is 0.673. The van der Waals surface area contributed by atoms with Gasteiger partial charge in [0.15, 0.2) is 11.5 Å². The van der Waals surface area contributed by atoms with Crippen molar-refractivity contribution in [3.05, 3.63) is 63.2 Å². The number of benzene rings is 2. The Balaban J connectivity index is 1.85. The minimum atomic E-state index is -0.421. The fourth-order valence-corrected chi connectivity index (χ4v) is 2.98. The van der Waals surface area contributed by atoms with Crippen LogP contribution in [-0.4, -0.2) is 36.5 Å². The first-order valence-electron chi connectivity index (χ1n) is 7.81. The van der Waals surface area contributed by atoms with E-state index in [0.717, 1.165) is 11.1 Å². The maximum Gasteiger partial charge on any atom is 0.269 e. The van der Waals surface area contributed by atoms with Crippen LogP contribution in [0.2, 0.25) is 0 Å². The average molecular weight is 342 g/mol. The van der Waals surface area contributed by atoms with Gasteiger partial charge in [-0.15, -0.1) is 0 Å². The van der Waals surface area contributed by atoms with Crippen molar-refractivity contribution in [2.24, 2.45) is 0 Å². The van der Waals surface area contributed by atoms with Gasteiger partial charge in [-0.3, -0.25) is 14.9 Å². The van der Waals surface area contributed by atoms with E-state index in [1.54, 1.807) is 35.2 Å². The zero-order valence-electron chi connectivity index (χ0n) is 14.0. The second-order valence-corrected chi connectivity index (χ2v) is 5.76. The lowest BCUT2D eigenvalue weighted by atomic mass is 9.98. The molecule has 130 valence electrons. The van der Waals surface area contributed by atoms with Crippen LogP contribution in [0.5, 0.6) is 11.5 Å². The molecule has 3 rings (SSSR count). The third kappa shape index (κ3) is 3.26. The van der Waals surface area contributed by atoms with Crippen molar-refractivity contribution in [3.63, 3.8) is 0 Å². The molecule has 0 saturated heterocycles. The molecule has 0 aliphatic carbocycles. The molecule has 7 heteroatoms. The quantitative estimate of drug-likeness (QED) is 0.630. The van der Waals surface area contributed by atoms with Gasteiger partial charge in [0.1, 0.15) is 0 Å². The molecule has 0 fully saturated rings. The summed E-state index contributed by atoms with van der Waals surface area (Å²) in [7, 11) is 3.05. The molecule has 2 aromatic carbocycles. The number of hydrogen-bond acceptors (Lipinski definition) is 5. The second-order valence-electron chi connectivity index (χ2n) is 5.76. The van der Waals surface area contributed by atoms with Gasteiger partial charge in [0.2, 0.25) is 0 Å². The van der Waals surface area contributed by atoms with Crippen molar-refractivity contribution in [3.8, 4) is 11.5 Å². The predicted molar refractivity (Wildman–Crippen MR) is 91.1 cm³/mol. The zero-order chi connectivity index (χ0) is 18.0. The number of nitro benzene ring substituents is 1. The fourth-order valence-electron chi connectivity index (χ4n) is 2.98. The molecule has 0 saturated carbocycles. The average Bonchev–Trinajstić information content (AvgIpc) is 2.65. The first-order chi connectivity index (χ1) is 12.0. The van der Waals surface area contributed by atoms with Crippen LogP contribution in [0.1, 0.15) is 21.5 Å². The maximum atomic E-state index is 12.8. The van der Waals surface area contributed by atoms with Crippen molar-refractivity contribution in [1.82, 2.24) is 4.90 Å². The largest absolute Gasteiger partial charge is 0.493 e. The highest BCUT2D eigenvalue weighted by Gasteiger charge is 2.24. The molecule has 1 aliphatic rings. The van der Waals surface area contributed by atoms with Crippen molar-refractivity contribution >= 4 is 11.6 Å². The van der Waals surface area contributed by atoms with E-state index < -0.39 is 4.92 Å². The lowest BCUT2D eigenvalue weighted by Crippen LogP contribution is -2.36. The van der Waals surface area contributed by atoms with Crippen LogP contribution in [0.3, 0.4) is 0 Å². The molecule has 1 amide bonds. The normalized spacial score (nSPS) is 13.1. The summed E-state index contributed by atoms with van der Waals surface area (Å²) in [6.45, 7) is 0.919. The summed E-state index contributed by atoms with van der Waals surface area (Å²) in [4.78, 5) is 25.0. The number of nitrogens with zero attached hydrogens (tertiary/aromatic N) is 2. The maximum absolute atomic E-state index is 12.8. The molecule has 0 spiro atoms. The minimum Gasteiger partial charge on any atom is -0.493 e. The Kier molecular flexibility index (Phi) is 4.56. The minimum absolute atomic E-state index is 0.0409. The summed E-state index contributed by atoms with van der Waals surface area (Å²) in [5, 5.41) is 11.0. The summed E-state index contributed by atoms with van der Waals surface area (Å²) in [6, 6.07) is 9.84. The lowest BCUT2D eigenvalue weighted by molar-refractivity contribution is -0.385. The van der Waals surface area contributed by atoms with E-state index in [1.807, 2.05) is 0 Å². The lowest BCUT2D eigenvalue weighted by Gasteiger charge is -2.29. The van der Waals surface area contributed by atoms with Gasteiger partial charge in [-0.1, -0.05) is 6.07 Å². The predicted octanol–water partition coefficient (Wildman–Crippen LogP) is 2.81. The number of nitro groups is 1. The van der Waals surface area contributed by atoms with Gasteiger partial charge >= 0.3 is 0 Å². The van der Waals surface area contributed by atoms with Crippen LogP contribution in [0, 0.1) is 10.1 Å². The van der Waals surface area contributed by atoms with E-state index in [2.05, 4.69) is 0 Å². The summed E-state index contributed by atoms with van der Waals surface area (Å²) < 4.78 is 10.4. The molecule has 0 radical (unpaired) electrons. The van der Waals surface area contributed by atoms with E-state index in [-0.39, 0.29) is 11.6 Å². The highest BCUT2D eigenvalue weighted by Crippen LogP contribution is 2.29. The van der Waals surface area contributed by atoms with Crippen LogP contribution in [-0.2, 0) is 13.0 Å². The van der Waals surface area contributed by atoms with Gasteiger partial charge in [0.05, 0.1) is 19.1 Å². The number of methoxy groups -OCH3 is 2. The summed E-state index contributed by atoms with van der Waals surface area (Å²) in [5.41, 5.74) is 2.39. The van der Waals surface area contributed by atoms with Gasteiger partial charge in [-0.25, -0.2) is 0 Å². The Hall–Kier alpha value is -3.09. The summed E-state index contributed by atoms with van der Waals surface area (Å²) >= 11 is 0. The molecular weight excluding hydrogens is 324 g/mol. The van der Waals surface area contributed by atoms with Crippen LogP contribution >= 0.6 is 0 Å². The molecule has 1 aliphatic heterocycles. The molecular formula is C18H18N2O5. The van der Waals surface area contributed by atoms with Gasteiger partial charge < -0.3 is 14.4 Å². The number of ether oxygens (including phenoxy) is 2. The summed E-state index contributed by atoms with van der Waals surface area (Å²) in [5.74, 6) is 0.901. The highest BCUT2D eigenvalue weighted by molar-refractivity contribution is 5.95. The van der Waals surface area contributed by atoms with E-state index in [4.69, 9.17) is 9.47 Å². The van der Waals surface area contributed by atoms with E-state index in [1.165, 1.54) is 20.3 Å². The Bertz CT molecular complexity index is 834. The van der Waals surface area contributed by atoms with Gasteiger partial charge in [-0.05, 0) is 35.7 Å². The highest BCUT2D eigenvalue weighted by atomic mass is 16.6. The first-order valence-corrected chi connectivity index (χ1v) is 7.81. The van der Waals surface area contributed by atoms with Crippen molar-refractivity contribution in [1.29, 1.82) is 0 Å². The number of non-ortho nitro benzene ring substituents is 1. The van der Waals surface area contributed by atoms with E-state index >= 15 is 0 Å². The van der Waals surface area contributed by atoms with Gasteiger partial charge in [0.25, 0.3) is 11.6 Å². The van der Waals surface area contributed by atoms with E-state index in [0.29, 0.717) is 36.6 Å². The van der Waals surface area contributed by atoms with E-state index in [9.17, 15) is 14.9 Å². The SMILES string of the molecule is COc1ccc(C(=O)N2CCc3ccc([N+](=O)[O-])cc3C2)cc1OC.